The van der Waals surface area contributed by atoms with Gasteiger partial charge in [0.15, 0.2) is 0 Å². The fourth-order valence-electron chi connectivity index (χ4n) is 1.95. The summed E-state index contributed by atoms with van der Waals surface area (Å²) in [6, 6.07) is 3.77. The Morgan fingerprint density at radius 3 is 3.06 bits per heavy atom. The van der Waals surface area contributed by atoms with E-state index in [0.717, 1.165) is 31.4 Å². The highest BCUT2D eigenvalue weighted by Crippen LogP contribution is 2.18. The number of likely N-dealkylation sites (tertiary alicyclic amines) is 1. The fourth-order valence-corrected chi connectivity index (χ4v) is 2.13. The van der Waals surface area contributed by atoms with Crippen LogP contribution in [0.4, 0.5) is 0 Å². The number of hydrogen-bond acceptors (Lipinski definition) is 2. The van der Waals surface area contributed by atoms with Crippen molar-refractivity contribution < 1.29 is 4.79 Å². The number of pyridine rings is 1. The molecule has 1 aliphatic heterocycles. The summed E-state index contributed by atoms with van der Waals surface area (Å²) < 4.78 is 0. The van der Waals surface area contributed by atoms with Gasteiger partial charge in [-0.05, 0) is 18.9 Å². The monoisotopic (exact) mass is 238 g/mol. The van der Waals surface area contributed by atoms with Crippen molar-refractivity contribution in [3.05, 3.63) is 29.0 Å². The standard InChI is InChI=1S/C12H15ClN2O/c13-12-10(5-4-7-14-12)9-15-8-3-1-2-6-11(15)16/h4-5,7H,1-3,6,8-9H2. The highest BCUT2D eigenvalue weighted by Gasteiger charge is 2.17. The first-order valence-corrected chi connectivity index (χ1v) is 6.02. The molecule has 1 aromatic rings. The quantitative estimate of drug-likeness (QED) is 0.743. The van der Waals surface area contributed by atoms with Gasteiger partial charge in [0.25, 0.3) is 0 Å². The molecule has 0 N–H and O–H groups in total. The summed E-state index contributed by atoms with van der Waals surface area (Å²) in [7, 11) is 0. The van der Waals surface area contributed by atoms with Gasteiger partial charge in [-0.1, -0.05) is 24.1 Å². The summed E-state index contributed by atoms with van der Waals surface area (Å²) in [5.41, 5.74) is 0.930. The Morgan fingerprint density at radius 1 is 1.38 bits per heavy atom. The van der Waals surface area contributed by atoms with Gasteiger partial charge in [-0.2, -0.15) is 0 Å². The summed E-state index contributed by atoms with van der Waals surface area (Å²) in [6.45, 7) is 1.43. The molecule has 1 fully saturated rings. The molecule has 0 radical (unpaired) electrons. The minimum Gasteiger partial charge on any atom is -0.338 e. The van der Waals surface area contributed by atoms with E-state index in [1.807, 2.05) is 17.0 Å². The first kappa shape index (κ1) is 11.4. The zero-order valence-corrected chi connectivity index (χ0v) is 9.91. The maximum absolute atomic E-state index is 11.8. The van der Waals surface area contributed by atoms with Gasteiger partial charge in [-0.25, -0.2) is 4.98 Å². The maximum Gasteiger partial charge on any atom is 0.222 e. The van der Waals surface area contributed by atoms with Gasteiger partial charge < -0.3 is 4.90 Å². The number of carbonyl (C=O) groups is 1. The molecule has 0 aliphatic carbocycles. The molecule has 2 heterocycles. The van der Waals surface area contributed by atoms with E-state index in [1.54, 1.807) is 6.20 Å². The second-order valence-electron chi connectivity index (χ2n) is 4.08. The van der Waals surface area contributed by atoms with Crippen LogP contribution in [0.1, 0.15) is 31.2 Å². The molecule has 3 nitrogen and oxygen atoms in total. The first-order valence-electron chi connectivity index (χ1n) is 5.64. The number of amides is 1. The Balaban J connectivity index is 2.08. The number of halogens is 1. The Bertz CT molecular complexity index is 381. The smallest absolute Gasteiger partial charge is 0.222 e. The zero-order valence-electron chi connectivity index (χ0n) is 9.16. The van der Waals surface area contributed by atoms with Crippen LogP contribution in [0.15, 0.2) is 18.3 Å². The van der Waals surface area contributed by atoms with E-state index < -0.39 is 0 Å². The van der Waals surface area contributed by atoms with Crippen molar-refractivity contribution in [2.75, 3.05) is 6.54 Å². The number of rotatable bonds is 2. The van der Waals surface area contributed by atoms with E-state index in [0.29, 0.717) is 18.1 Å². The molecule has 2 rings (SSSR count). The first-order chi connectivity index (χ1) is 7.77. The van der Waals surface area contributed by atoms with Crippen LogP contribution in [-0.4, -0.2) is 22.3 Å². The topological polar surface area (TPSA) is 33.2 Å². The molecule has 0 bridgehead atoms. The average molecular weight is 239 g/mol. The lowest BCUT2D eigenvalue weighted by molar-refractivity contribution is -0.131. The molecule has 1 amide bonds. The fraction of sp³-hybridized carbons (Fsp3) is 0.500. The van der Waals surface area contributed by atoms with Gasteiger partial charge in [0, 0.05) is 31.3 Å². The van der Waals surface area contributed by atoms with Crippen molar-refractivity contribution in [2.24, 2.45) is 0 Å². The van der Waals surface area contributed by atoms with Crippen LogP contribution in [0.3, 0.4) is 0 Å². The highest BCUT2D eigenvalue weighted by molar-refractivity contribution is 6.30. The Kier molecular flexibility index (Phi) is 3.78. The molecule has 0 atom stereocenters. The van der Waals surface area contributed by atoms with Crippen LogP contribution in [0, 0.1) is 0 Å². The van der Waals surface area contributed by atoms with Gasteiger partial charge in [0.1, 0.15) is 5.15 Å². The lowest BCUT2D eigenvalue weighted by Crippen LogP contribution is -2.29. The number of carbonyl (C=O) groups excluding carboxylic acids is 1. The molecule has 0 aromatic carbocycles. The van der Waals surface area contributed by atoms with Crippen molar-refractivity contribution in [3.63, 3.8) is 0 Å². The predicted octanol–water partition coefficient (Wildman–Crippen LogP) is 2.64. The number of nitrogens with zero attached hydrogens (tertiary/aromatic N) is 2. The molecule has 86 valence electrons. The van der Waals surface area contributed by atoms with Crippen LogP contribution >= 0.6 is 11.6 Å². The van der Waals surface area contributed by atoms with E-state index in [-0.39, 0.29) is 5.91 Å². The molecule has 0 saturated carbocycles. The van der Waals surface area contributed by atoms with Crippen molar-refractivity contribution in [3.8, 4) is 0 Å². The lowest BCUT2D eigenvalue weighted by Gasteiger charge is -2.20. The number of aromatic nitrogens is 1. The highest BCUT2D eigenvalue weighted by atomic mass is 35.5. The molecule has 4 heteroatoms. The molecule has 0 spiro atoms. The van der Waals surface area contributed by atoms with E-state index in [2.05, 4.69) is 4.98 Å². The molecule has 1 saturated heterocycles. The Labute approximate surface area is 100 Å². The van der Waals surface area contributed by atoms with Gasteiger partial charge in [-0.3, -0.25) is 4.79 Å². The Morgan fingerprint density at radius 2 is 2.25 bits per heavy atom. The summed E-state index contributed by atoms with van der Waals surface area (Å²) in [5, 5.41) is 0.500. The predicted molar refractivity (Wildman–Crippen MR) is 63.1 cm³/mol. The zero-order chi connectivity index (χ0) is 11.4. The molecule has 1 aromatic heterocycles. The number of hydrogen-bond donors (Lipinski definition) is 0. The summed E-state index contributed by atoms with van der Waals surface area (Å²) in [5.74, 6) is 0.234. The third-order valence-corrected chi connectivity index (χ3v) is 3.21. The molecular formula is C12H15ClN2O. The van der Waals surface area contributed by atoms with Crippen molar-refractivity contribution >= 4 is 17.5 Å². The largest absolute Gasteiger partial charge is 0.338 e. The second kappa shape index (κ2) is 5.30. The lowest BCUT2D eigenvalue weighted by atomic mass is 10.2. The average Bonchev–Trinajstić information content (AvgIpc) is 2.48. The normalized spacial score (nSPS) is 17.3. The van der Waals surface area contributed by atoms with Crippen LogP contribution in [-0.2, 0) is 11.3 Å². The summed E-state index contributed by atoms with van der Waals surface area (Å²) in [6.07, 6.45) is 5.57. The van der Waals surface area contributed by atoms with E-state index in [9.17, 15) is 4.79 Å². The van der Waals surface area contributed by atoms with E-state index in [1.165, 1.54) is 0 Å². The minimum absolute atomic E-state index is 0.234. The van der Waals surface area contributed by atoms with Gasteiger partial charge >= 0.3 is 0 Å². The van der Waals surface area contributed by atoms with Crippen molar-refractivity contribution in [1.29, 1.82) is 0 Å². The van der Waals surface area contributed by atoms with E-state index >= 15 is 0 Å². The van der Waals surface area contributed by atoms with Crippen molar-refractivity contribution in [2.45, 2.75) is 32.2 Å². The third-order valence-electron chi connectivity index (χ3n) is 2.87. The van der Waals surface area contributed by atoms with Gasteiger partial charge in [0.2, 0.25) is 5.91 Å². The van der Waals surface area contributed by atoms with Crippen LogP contribution < -0.4 is 0 Å². The molecule has 16 heavy (non-hydrogen) atoms. The van der Waals surface area contributed by atoms with Crippen LogP contribution in [0.2, 0.25) is 5.15 Å². The Hall–Kier alpha value is -1.09. The third kappa shape index (κ3) is 2.73. The maximum atomic E-state index is 11.8. The molecule has 0 unspecified atom stereocenters. The van der Waals surface area contributed by atoms with Crippen LogP contribution in [0.25, 0.3) is 0 Å². The molecular weight excluding hydrogens is 224 g/mol. The minimum atomic E-state index is 0.234. The van der Waals surface area contributed by atoms with Gasteiger partial charge in [0.05, 0.1) is 0 Å². The summed E-state index contributed by atoms with van der Waals surface area (Å²) in [4.78, 5) is 17.7. The SMILES string of the molecule is O=C1CCCCCN1Cc1cccnc1Cl. The van der Waals surface area contributed by atoms with Crippen molar-refractivity contribution in [1.82, 2.24) is 9.88 Å². The van der Waals surface area contributed by atoms with Gasteiger partial charge in [-0.15, -0.1) is 0 Å². The molecule has 1 aliphatic rings. The van der Waals surface area contributed by atoms with E-state index in [4.69, 9.17) is 11.6 Å². The van der Waals surface area contributed by atoms with Crippen LogP contribution in [0.5, 0.6) is 0 Å². The summed E-state index contributed by atoms with van der Waals surface area (Å²) >= 11 is 5.98. The second-order valence-corrected chi connectivity index (χ2v) is 4.44.